The van der Waals surface area contributed by atoms with Gasteiger partial charge in [-0.2, -0.15) is 13.2 Å². The first-order chi connectivity index (χ1) is 18.5. The third kappa shape index (κ3) is 6.43. The second-order valence-corrected chi connectivity index (χ2v) is 9.41. The molecule has 0 atom stereocenters. The zero-order valence-corrected chi connectivity index (χ0v) is 22.3. The number of hydrogen-bond acceptors (Lipinski definition) is 4. The lowest BCUT2D eigenvalue weighted by Gasteiger charge is -2.21. The number of amides is 2. The van der Waals surface area contributed by atoms with Crippen molar-refractivity contribution in [2.45, 2.75) is 19.7 Å². The molecule has 0 aliphatic heterocycles. The fourth-order valence-electron chi connectivity index (χ4n) is 3.79. The number of anilines is 1. The third-order valence-electron chi connectivity index (χ3n) is 6.02. The second-order valence-electron chi connectivity index (χ2n) is 8.62. The summed E-state index contributed by atoms with van der Waals surface area (Å²) in [5.74, 6) is -0.649. The lowest BCUT2D eigenvalue weighted by atomic mass is 10.1. The fraction of sp³-hybridized carbons (Fsp3) is 0.179. The average Bonchev–Trinajstić information content (AvgIpc) is 2.90. The van der Waals surface area contributed by atoms with E-state index < -0.39 is 30.1 Å². The highest BCUT2D eigenvalue weighted by Gasteiger charge is 2.30. The molecule has 1 aromatic heterocycles. The zero-order valence-electron chi connectivity index (χ0n) is 20.8. The third-order valence-corrected chi connectivity index (χ3v) is 6.79. The Bertz CT molecular complexity index is 1540. The number of rotatable bonds is 7. The van der Waals surface area contributed by atoms with Gasteiger partial charge >= 0.3 is 6.18 Å². The predicted octanol–water partition coefficient (Wildman–Crippen LogP) is 6.84. The van der Waals surface area contributed by atoms with Crippen molar-refractivity contribution in [3.63, 3.8) is 0 Å². The number of alkyl halides is 3. The molecule has 0 unspecified atom stereocenters. The molecule has 6 nitrogen and oxygen atoms in total. The number of para-hydroxylation sites is 1. The molecule has 0 fully saturated rings. The number of likely N-dealkylation sites (N-methyl/N-ethyl adjacent to an activating group) is 1. The molecule has 0 aliphatic rings. The zero-order chi connectivity index (χ0) is 28.3. The largest absolute Gasteiger partial charge is 0.487 e. The van der Waals surface area contributed by atoms with Crippen LogP contribution in [0.2, 0.25) is 10.0 Å². The summed E-state index contributed by atoms with van der Waals surface area (Å²) in [6, 6.07) is 16.3. The highest BCUT2D eigenvalue weighted by molar-refractivity contribution is 6.38. The van der Waals surface area contributed by atoms with Crippen molar-refractivity contribution in [3.05, 3.63) is 99.2 Å². The van der Waals surface area contributed by atoms with Crippen molar-refractivity contribution in [3.8, 4) is 5.75 Å². The Morgan fingerprint density at radius 2 is 1.72 bits per heavy atom. The van der Waals surface area contributed by atoms with Crippen molar-refractivity contribution in [2.24, 2.45) is 0 Å². The van der Waals surface area contributed by atoms with E-state index in [4.69, 9.17) is 27.9 Å². The molecular weight excluding hydrogens is 554 g/mol. The van der Waals surface area contributed by atoms with Crippen LogP contribution >= 0.6 is 23.2 Å². The minimum atomic E-state index is -4.51. The number of carbonyl (C=O) groups is 2. The van der Waals surface area contributed by atoms with E-state index in [1.807, 2.05) is 37.3 Å². The van der Waals surface area contributed by atoms with Crippen LogP contribution in [0.5, 0.6) is 5.75 Å². The Labute approximate surface area is 232 Å². The summed E-state index contributed by atoms with van der Waals surface area (Å²) in [4.78, 5) is 30.9. The number of hydrogen-bond donors (Lipinski definition) is 1. The summed E-state index contributed by atoms with van der Waals surface area (Å²) in [5.41, 5.74) is 1.43. The minimum Gasteiger partial charge on any atom is -0.487 e. The van der Waals surface area contributed by atoms with Gasteiger partial charge in [0.05, 0.1) is 34.0 Å². The van der Waals surface area contributed by atoms with Crippen LogP contribution in [0.4, 0.5) is 18.9 Å². The van der Waals surface area contributed by atoms with Crippen LogP contribution in [-0.4, -0.2) is 30.4 Å². The summed E-state index contributed by atoms with van der Waals surface area (Å²) in [7, 11) is 1.48. The van der Waals surface area contributed by atoms with Gasteiger partial charge in [0.25, 0.3) is 5.91 Å². The van der Waals surface area contributed by atoms with Crippen LogP contribution < -0.4 is 15.0 Å². The smallest absolute Gasteiger partial charge is 0.416 e. The van der Waals surface area contributed by atoms with E-state index in [9.17, 15) is 22.8 Å². The van der Waals surface area contributed by atoms with E-state index in [2.05, 4.69) is 10.3 Å². The summed E-state index contributed by atoms with van der Waals surface area (Å²) in [6.45, 7) is 1.43. The molecule has 3 aromatic carbocycles. The summed E-state index contributed by atoms with van der Waals surface area (Å²) < 4.78 is 44.2. The van der Waals surface area contributed by atoms with Gasteiger partial charge in [-0.05, 0) is 55.5 Å². The number of aryl methyl sites for hydroxylation is 1. The molecule has 2 amide bonds. The molecule has 202 valence electrons. The Morgan fingerprint density at radius 1 is 1.03 bits per heavy atom. The number of benzene rings is 3. The Kier molecular flexibility index (Phi) is 8.32. The van der Waals surface area contributed by atoms with Gasteiger partial charge in [0.2, 0.25) is 5.91 Å². The van der Waals surface area contributed by atoms with Gasteiger partial charge in [-0.1, -0.05) is 41.4 Å². The van der Waals surface area contributed by atoms with Crippen LogP contribution in [0, 0.1) is 6.92 Å². The molecule has 39 heavy (non-hydrogen) atoms. The van der Waals surface area contributed by atoms with Gasteiger partial charge in [-0.3, -0.25) is 9.59 Å². The first-order valence-corrected chi connectivity index (χ1v) is 12.4. The average molecular weight is 576 g/mol. The molecule has 0 saturated carbocycles. The minimum absolute atomic E-state index is 0.0130. The van der Waals surface area contributed by atoms with E-state index in [0.717, 1.165) is 35.2 Å². The van der Waals surface area contributed by atoms with Crippen LogP contribution in [0.25, 0.3) is 10.9 Å². The molecule has 4 aromatic rings. The number of fused-ring (bicyclic) bond motifs is 1. The highest BCUT2D eigenvalue weighted by Crippen LogP contribution is 2.35. The molecule has 1 N–H and O–H groups in total. The van der Waals surface area contributed by atoms with Gasteiger partial charge in [0, 0.05) is 28.6 Å². The van der Waals surface area contributed by atoms with Crippen LogP contribution in [0.3, 0.4) is 0 Å². The van der Waals surface area contributed by atoms with Gasteiger partial charge < -0.3 is 15.0 Å². The standard InChI is InChI=1S/C28H22Cl2F3N3O3/c1-16-24(13-18-5-3-4-6-22(18)35-16)39-15-20-21(29)11-12-23(26(20)30)36(2)25(37)14-34-27(38)17-7-9-19(10-8-17)28(31,32)33/h3-13H,14-15H2,1-2H3,(H,34,38). The second kappa shape index (κ2) is 11.5. The van der Waals surface area contributed by atoms with Crippen molar-refractivity contribution < 1.29 is 27.5 Å². The summed E-state index contributed by atoms with van der Waals surface area (Å²) in [5, 5.41) is 3.85. The molecule has 0 aliphatic carbocycles. The van der Waals surface area contributed by atoms with E-state index in [-0.39, 0.29) is 17.2 Å². The maximum absolute atomic E-state index is 12.8. The number of pyridine rings is 1. The fourth-order valence-corrected chi connectivity index (χ4v) is 4.39. The molecule has 0 saturated heterocycles. The lowest BCUT2D eigenvalue weighted by Crippen LogP contribution is -2.38. The first kappa shape index (κ1) is 28.2. The Morgan fingerprint density at radius 3 is 2.41 bits per heavy atom. The van der Waals surface area contributed by atoms with E-state index >= 15 is 0 Å². The predicted molar refractivity (Wildman–Crippen MR) is 144 cm³/mol. The van der Waals surface area contributed by atoms with Crippen LogP contribution in [0.15, 0.2) is 66.7 Å². The maximum atomic E-state index is 12.8. The molecule has 1 heterocycles. The molecule has 0 radical (unpaired) electrons. The van der Waals surface area contributed by atoms with Crippen molar-refractivity contribution in [1.29, 1.82) is 0 Å². The van der Waals surface area contributed by atoms with Gasteiger partial charge in [-0.25, -0.2) is 4.98 Å². The Hall–Kier alpha value is -3.82. The van der Waals surface area contributed by atoms with Crippen LogP contribution in [0.1, 0.15) is 27.2 Å². The van der Waals surface area contributed by atoms with Crippen molar-refractivity contribution in [2.75, 3.05) is 18.5 Å². The van der Waals surface area contributed by atoms with Gasteiger partial charge in [-0.15, -0.1) is 0 Å². The monoisotopic (exact) mass is 575 g/mol. The number of ether oxygens (including phenoxy) is 1. The molecule has 4 rings (SSSR count). The van der Waals surface area contributed by atoms with Crippen molar-refractivity contribution in [1.82, 2.24) is 10.3 Å². The highest BCUT2D eigenvalue weighted by atomic mass is 35.5. The molecular formula is C28H22Cl2F3N3O3. The Balaban J connectivity index is 1.43. The quantitative estimate of drug-likeness (QED) is 0.262. The van der Waals surface area contributed by atoms with E-state index in [1.165, 1.54) is 11.9 Å². The number of nitrogens with one attached hydrogen (secondary N) is 1. The number of nitrogens with zero attached hydrogens (tertiary/aromatic N) is 2. The van der Waals surface area contributed by atoms with Gasteiger partial charge in [0.15, 0.2) is 0 Å². The van der Waals surface area contributed by atoms with E-state index in [1.54, 1.807) is 12.1 Å². The molecule has 0 bridgehead atoms. The summed E-state index contributed by atoms with van der Waals surface area (Å²) >= 11 is 13.0. The molecule has 11 heteroatoms. The lowest BCUT2D eigenvalue weighted by molar-refractivity contribution is -0.137. The van der Waals surface area contributed by atoms with Crippen LogP contribution in [-0.2, 0) is 17.6 Å². The number of halogens is 5. The van der Waals surface area contributed by atoms with E-state index in [0.29, 0.717) is 27.7 Å². The maximum Gasteiger partial charge on any atom is 0.416 e. The topological polar surface area (TPSA) is 71.5 Å². The summed E-state index contributed by atoms with van der Waals surface area (Å²) in [6.07, 6.45) is -4.51. The SMILES string of the molecule is Cc1nc2ccccc2cc1OCc1c(Cl)ccc(N(C)C(=O)CNC(=O)c2ccc(C(F)(F)F)cc2)c1Cl. The molecule has 0 spiro atoms. The van der Waals surface area contributed by atoms with Gasteiger partial charge in [0.1, 0.15) is 12.4 Å². The normalized spacial score (nSPS) is 11.4. The number of aromatic nitrogens is 1. The first-order valence-electron chi connectivity index (χ1n) is 11.6. The van der Waals surface area contributed by atoms with Crippen molar-refractivity contribution >= 4 is 51.6 Å². The number of carbonyl (C=O) groups excluding carboxylic acids is 2.